The number of nitrogens with one attached hydrogen (secondary N) is 1. The van der Waals surface area contributed by atoms with Gasteiger partial charge in [0.1, 0.15) is 0 Å². The molecule has 3 aromatic carbocycles. The summed E-state index contributed by atoms with van der Waals surface area (Å²) in [6, 6.07) is 27.6. The van der Waals surface area contributed by atoms with Crippen LogP contribution in [0.4, 0.5) is 0 Å². The molecule has 2 aliphatic heterocycles. The molecule has 7 heteroatoms. The molecule has 0 aliphatic carbocycles. The fourth-order valence-electron chi connectivity index (χ4n) is 5.97. The fourth-order valence-corrected chi connectivity index (χ4v) is 5.97. The van der Waals surface area contributed by atoms with E-state index in [9.17, 15) is 14.4 Å². The third-order valence-corrected chi connectivity index (χ3v) is 8.63. The van der Waals surface area contributed by atoms with Crippen molar-refractivity contribution in [1.82, 2.24) is 15.1 Å². The number of allylic oxidation sites excluding steroid dienone is 1. The third kappa shape index (κ3) is 7.28. The van der Waals surface area contributed by atoms with Crippen LogP contribution in [0.25, 0.3) is 0 Å². The number of hydrogen-bond acceptors (Lipinski definition) is 4. The van der Waals surface area contributed by atoms with Gasteiger partial charge in [0.25, 0.3) is 5.91 Å². The van der Waals surface area contributed by atoms with E-state index < -0.39 is 5.92 Å². The Hall–Kier alpha value is -4.23. The number of ether oxygens (including phenoxy) is 1. The van der Waals surface area contributed by atoms with Crippen LogP contribution in [-0.2, 0) is 31.1 Å². The molecule has 0 radical (unpaired) electrons. The lowest BCUT2D eigenvalue weighted by Gasteiger charge is -2.37. The first kappa shape index (κ1) is 31.2. The van der Waals surface area contributed by atoms with Crippen LogP contribution in [0.1, 0.15) is 68.8 Å². The molecule has 1 fully saturated rings. The third-order valence-electron chi connectivity index (χ3n) is 8.63. The lowest BCUT2D eigenvalue weighted by molar-refractivity contribution is -0.139. The van der Waals surface area contributed by atoms with Crippen molar-refractivity contribution in [1.29, 1.82) is 0 Å². The number of benzene rings is 3. The zero-order valence-corrected chi connectivity index (χ0v) is 26.2. The van der Waals surface area contributed by atoms with Gasteiger partial charge < -0.3 is 19.9 Å². The first-order chi connectivity index (χ1) is 21.1. The van der Waals surface area contributed by atoms with E-state index in [1.54, 1.807) is 9.80 Å². The predicted molar refractivity (Wildman–Crippen MR) is 171 cm³/mol. The molecule has 7 nitrogen and oxygen atoms in total. The van der Waals surface area contributed by atoms with E-state index in [4.69, 9.17) is 4.74 Å². The smallest absolute Gasteiger partial charge is 0.251 e. The van der Waals surface area contributed by atoms with Gasteiger partial charge in [-0.1, -0.05) is 106 Å². The Morgan fingerprint density at radius 1 is 0.886 bits per heavy atom. The van der Waals surface area contributed by atoms with Crippen molar-refractivity contribution in [2.45, 2.75) is 58.5 Å². The summed E-state index contributed by atoms with van der Waals surface area (Å²) in [7, 11) is 0. The quantitative estimate of drug-likeness (QED) is 0.360. The predicted octanol–water partition coefficient (Wildman–Crippen LogP) is 5.76. The Bertz CT molecular complexity index is 1450. The summed E-state index contributed by atoms with van der Waals surface area (Å²) < 4.78 is 5.47. The molecule has 2 heterocycles. The number of rotatable bonds is 8. The van der Waals surface area contributed by atoms with Crippen LogP contribution in [0, 0.1) is 5.92 Å². The summed E-state index contributed by atoms with van der Waals surface area (Å²) in [5.41, 5.74) is 5.38. The van der Waals surface area contributed by atoms with E-state index in [0.29, 0.717) is 44.1 Å². The minimum absolute atomic E-state index is 0.0123. The molecule has 5 rings (SSSR count). The molecular weight excluding hydrogens is 550 g/mol. The van der Waals surface area contributed by atoms with E-state index in [2.05, 4.69) is 38.2 Å². The standard InChI is InChI=1S/C37H43N3O4/c1-26-32(36(43)39-19-21-44-22-20-39)23-30(35(42)40(26)25-27-15-17-31(18-16-27)37(2,3)4)24-33(41)38-34(28-11-7-5-8-12-28)29-13-9-6-10-14-29/h5-18,30,34H,19-25H2,1-4H3,(H,38,41). The lowest BCUT2D eigenvalue weighted by Crippen LogP contribution is -2.46. The summed E-state index contributed by atoms with van der Waals surface area (Å²) in [6.07, 6.45) is 0.219. The fraction of sp³-hybridized carbons (Fsp3) is 0.378. The van der Waals surface area contributed by atoms with Gasteiger partial charge in [-0.15, -0.1) is 0 Å². The number of amides is 3. The van der Waals surface area contributed by atoms with Gasteiger partial charge >= 0.3 is 0 Å². The van der Waals surface area contributed by atoms with Crippen LogP contribution in [0.3, 0.4) is 0 Å². The minimum atomic E-state index is -0.653. The number of nitrogens with zero attached hydrogens (tertiary/aromatic N) is 2. The SMILES string of the molecule is CC1=C(C(=O)N2CCOCC2)CC(CC(=O)NC(c2ccccc2)c2ccccc2)C(=O)N1Cc1ccc(C(C)(C)C)cc1. The van der Waals surface area contributed by atoms with Gasteiger partial charge in [-0.3, -0.25) is 14.4 Å². The molecular formula is C37H43N3O4. The van der Waals surface area contributed by atoms with Gasteiger partial charge in [0, 0.05) is 30.8 Å². The average Bonchev–Trinajstić information content (AvgIpc) is 3.04. The second-order valence-electron chi connectivity index (χ2n) is 12.8. The van der Waals surface area contributed by atoms with Gasteiger partial charge in [0.15, 0.2) is 0 Å². The first-order valence-corrected chi connectivity index (χ1v) is 15.5. The normalized spacial score (nSPS) is 17.7. The maximum absolute atomic E-state index is 14.0. The van der Waals surface area contributed by atoms with Crippen LogP contribution in [-0.4, -0.2) is 53.8 Å². The summed E-state index contributed by atoms with van der Waals surface area (Å²) in [4.78, 5) is 45.0. The van der Waals surface area contributed by atoms with E-state index in [1.807, 2.05) is 79.7 Å². The average molecular weight is 594 g/mol. The molecule has 1 N–H and O–H groups in total. The van der Waals surface area contributed by atoms with Crippen molar-refractivity contribution < 1.29 is 19.1 Å². The van der Waals surface area contributed by atoms with E-state index >= 15 is 0 Å². The highest BCUT2D eigenvalue weighted by molar-refractivity contribution is 5.98. The molecule has 3 aromatic rings. The van der Waals surface area contributed by atoms with Gasteiger partial charge in [-0.2, -0.15) is 0 Å². The second-order valence-corrected chi connectivity index (χ2v) is 12.8. The zero-order chi connectivity index (χ0) is 31.3. The van der Waals surface area contributed by atoms with Crippen LogP contribution < -0.4 is 5.32 Å². The highest BCUT2D eigenvalue weighted by Crippen LogP contribution is 2.33. The van der Waals surface area contributed by atoms with Gasteiger partial charge in [0.05, 0.1) is 31.7 Å². The lowest BCUT2D eigenvalue weighted by atomic mass is 9.86. The van der Waals surface area contributed by atoms with Crippen molar-refractivity contribution >= 4 is 17.7 Å². The number of carbonyl (C=O) groups excluding carboxylic acids is 3. The van der Waals surface area contributed by atoms with Gasteiger partial charge in [-0.25, -0.2) is 0 Å². The van der Waals surface area contributed by atoms with Gasteiger partial charge in [-0.05, 0) is 41.0 Å². The molecule has 230 valence electrons. The molecule has 0 saturated carbocycles. The second kappa shape index (κ2) is 13.6. The molecule has 3 amide bonds. The van der Waals surface area contributed by atoms with Crippen molar-refractivity contribution in [3.63, 3.8) is 0 Å². The van der Waals surface area contributed by atoms with Crippen molar-refractivity contribution in [3.05, 3.63) is 118 Å². The monoisotopic (exact) mass is 593 g/mol. The maximum Gasteiger partial charge on any atom is 0.251 e. The van der Waals surface area contributed by atoms with Crippen LogP contribution in [0.5, 0.6) is 0 Å². The van der Waals surface area contributed by atoms with E-state index in [0.717, 1.165) is 16.7 Å². The molecule has 0 aromatic heterocycles. The van der Waals surface area contributed by atoms with E-state index in [-0.39, 0.29) is 42.0 Å². The molecule has 44 heavy (non-hydrogen) atoms. The highest BCUT2D eigenvalue weighted by atomic mass is 16.5. The molecule has 1 unspecified atom stereocenters. The molecule has 2 aliphatic rings. The van der Waals surface area contributed by atoms with Crippen molar-refractivity contribution in [2.24, 2.45) is 5.92 Å². The number of hydrogen-bond donors (Lipinski definition) is 1. The molecule has 1 saturated heterocycles. The van der Waals surface area contributed by atoms with Gasteiger partial charge in [0.2, 0.25) is 11.8 Å². The number of morpholine rings is 1. The maximum atomic E-state index is 14.0. The Morgan fingerprint density at radius 3 is 2.00 bits per heavy atom. The largest absolute Gasteiger partial charge is 0.378 e. The molecule has 0 bridgehead atoms. The zero-order valence-electron chi connectivity index (χ0n) is 26.2. The first-order valence-electron chi connectivity index (χ1n) is 15.5. The van der Waals surface area contributed by atoms with Crippen molar-refractivity contribution in [3.8, 4) is 0 Å². The summed E-state index contributed by atoms with van der Waals surface area (Å²) >= 11 is 0. The highest BCUT2D eigenvalue weighted by Gasteiger charge is 2.38. The van der Waals surface area contributed by atoms with Crippen molar-refractivity contribution in [2.75, 3.05) is 26.3 Å². The van der Waals surface area contributed by atoms with Crippen LogP contribution in [0.2, 0.25) is 0 Å². The van der Waals surface area contributed by atoms with Crippen LogP contribution >= 0.6 is 0 Å². The Kier molecular flexibility index (Phi) is 9.64. The van der Waals surface area contributed by atoms with Crippen LogP contribution in [0.15, 0.2) is 96.2 Å². The summed E-state index contributed by atoms with van der Waals surface area (Å²) in [5, 5.41) is 3.18. The Balaban J connectivity index is 1.40. The molecule has 1 atom stereocenters. The minimum Gasteiger partial charge on any atom is -0.378 e. The topological polar surface area (TPSA) is 79.0 Å². The summed E-state index contributed by atoms with van der Waals surface area (Å²) in [5.74, 6) is -1.09. The molecule has 0 spiro atoms. The van der Waals surface area contributed by atoms with E-state index in [1.165, 1.54) is 5.56 Å². The Labute approximate surface area is 260 Å². The summed E-state index contributed by atoms with van der Waals surface area (Å²) in [6.45, 7) is 10.7. The Morgan fingerprint density at radius 2 is 1.45 bits per heavy atom. The number of carbonyl (C=O) groups is 3.